The second kappa shape index (κ2) is 4.78. The molecule has 2 rings (SSSR count). The number of oxazole rings is 1. The fourth-order valence-corrected chi connectivity index (χ4v) is 2.13. The molecule has 0 amide bonds. The largest absolute Gasteiger partial charge is 0.419 e. The highest BCUT2D eigenvalue weighted by atomic mass is 32.1. The van der Waals surface area contributed by atoms with Gasteiger partial charge in [-0.1, -0.05) is 25.5 Å². The third-order valence-corrected chi connectivity index (χ3v) is 3.37. The lowest BCUT2D eigenvalue weighted by atomic mass is 10.1. The smallest absolute Gasteiger partial charge is 0.408 e. The van der Waals surface area contributed by atoms with E-state index < -0.39 is 0 Å². The number of aromatic nitrogens is 1. The topological polar surface area (TPSA) is 35.1 Å². The number of rotatable bonds is 4. The molecule has 0 aliphatic heterocycles. The molecule has 1 heterocycles. The van der Waals surface area contributed by atoms with Crippen molar-refractivity contribution in [3.05, 3.63) is 34.8 Å². The molecule has 0 aliphatic rings. The molecule has 0 bridgehead atoms. The summed E-state index contributed by atoms with van der Waals surface area (Å²) in [6, 6.07) is 7.50. The van der Waals surface area contributed by atoms with Crippen LogP contribution in [-0.2, 0) is 6.54 Å². The maximum Gasteiger partial charge on any atom is 0.419 e. The molecular weight excluding hydrogens is 222 g/mol. The molecule has 16 heavy (non-hydrogen) atoms. The van der Waals surface area contributed by atoms with Crippen molar-refractivity contribution in [2.24, 2.45) is 5.92 Å². The van der Waals surface area contributed by atoms with Crippen LogP contribution in [0.5, 0.6) is 0 Å². The van der Waals surface area contributed by atoms with E-state index >= 15 is 0 Å². The zero-order chi connectivity index (χ0) is 11.5. The van der Waals surface area contributed by atoms with Gasteiger partial charge in [-0.3, -0.25) is 4.57 Å². The number of fused-ring (bicyclic) bond motifs is 1. The van der Waals surface area contributed by atoms with Crippen LogP contribution in [-0.4, -0.2) is 10.3 Å². The lowest BCUT2D eigenvalue weighted by Crippen LogP contribution is -2.20. The fourth-order valence-electron chi connectivity index (χ4n) is 1.76. The average molecular weight is 237 g/mol. The maximum atomic E-state index is 11.7. The SMILES string of the molecule is CCC(CS)Cn1c(=O)oc2ccccc21. The highest BCUT2D eigenvalue weighted by Crippen LogP contribution is 2.15. The van der Waals surface area contributed by atoms with Gasteiger partial charge in [0.05, 0.1) is 5.52 Å². The van der Waals surface area contributed by atoms with Crippen LogP contribution in [0, 0.1) is 5.92 Å². The van der Waals surface area contributed by atoms with Crippen LogP contribution >= 0.6 is 12.6 Å². The van der Waals surface area contributed by atoms with Gasteiger partial charge in [-0.15, -0.1) is 0 Å². The van der Waals surface area contributed by atoms with Crippen LogP contribution in [0.15, 0.2) is 33.5 Å². The van der Waals surface area contributed by atoms with Gasteiger partial charge in [0.1, 0.15) is 0 Å². The van der Waals surface area contributed by atoms with Crippen molar-refractivity contribution < 1.29 is 4.42 Å². The van der Waals surface area contributed by atoms with Crippen molar-refractivity contribution in [2.45, 2.75) is 19.9 Å². The Morgan fingerprint density at radius 3 is 2.88 bits per heavy atom. The van der Waals surface area contributed by atoms with Crippen LogP contribution in [0.3, 0.4) is 0 Å². The summed E-state index contributed by atoms with van der Waals surface area (Å²) in [7, 11) is 0. The fraction of sp³-hybridized carbons (Fsp3) is 0.417. The Balaban J connectivity index is 2.43. The predicted molar refractivity (Wildman–Crippen MR) is 68.1 cm³/mol. The molecule has 3 nitrogen and oxygen atoms in total. The molecule has 0 N–H and O–H groups in total. The molecule has 0 saturated heterocycles. The lowest BCUT2D eigenvalue weighted by molar-refractivity contribution is 0.436. The Bertz CT molecular complexity index is 525. The standard InChI is InChI=1S/C12H15NO2S/c1-2-9(8-16)7-13-10-5-3-4-6-11(10)15-12(13)14/h3-6,9,16H,2,7-8H2,1H3. The van der Waals surface area contributed by atoms with Crippen molar-refractivity contribution >= 4 is 23.7 Å². The van der Waals surface area contributed by atoms with E-state index in [1.807, 2.05) is 24.3 Å². The van der Waals surface area contributed by atoms with E-state index in [0.29, 0.717) is 18.0 Å². The highest BCUT2D eigenvalue weighted by molar-refractivity contribution is 7.80. The first kappa shape index (κ1) is 11.3. The molecule has 1 aromatic carbocycles. The van der Waals surface area contributed by atoms with Crippen LogP contribution in [0.25, 0.3) is 11.1 Å². The normalized spacial score (nSPS) is 13.1. The number of hydrogen-bond acceptors (Lipinski definition) is 3. The van der Waals surface area contributed by atoms with E-state index in [4.69, 9.17) is 4.42 Å². The molecule has 1 atom stereocenters. The van der Waals surface area contributed by atoms with Gasteiger partial charge in [0.2, 0.25) is 0 Å². The van der Waals surface area contributed by atoms with Gasteiger partial charge in [0, 0.05) is 6.54 Å². The molecule has 0 aliphatic carbocycles. The monoisotopic (exact) mass is 237 g/mol. The Kier molecular flexibility index (Phi) is 3.39. The minimum atomic E-state index is -0.276. The van der Waals surface area contributed by atoms with Crippen molar-refractivity contribution in [3.8, 4) is 0 Å². The van der Waals surface area contributed by atoms with E-state index in [1.54, 1.807) is 4.57 Å². The van der Waals surface area contributed by atoms with Crippen LogP contribution in [0.1, 0.15) is 13.3 Å². The Morgan fingerprint density at radius 1 is 1.44 bits per heavy atom. The molecule has 2 aromatic rings. The number of para-hydroxylation sites is 2. The minimum absolute atomic E-state index is 0.276. The molecule has 0 spiro atoms. The Hall–Kier alpha value is -1.16. The van der Waals surface area contributed by atoms with Crippen molar-refractivity contribution in [3.63, 3.8) is 0 Å². The molecule has 0 saturated carbocycles. The molecule has 0 fully saturated rings. The first-order valence-electron chi connectivity index (χ1n) is 5.45. The third-order valence-electron chi connectivity index (χ3n) is 2.85. The van der Waals surface area contributed by atoms with Crippen LogP contribution in [0.4, 0.5) is 0 Å². The molecular formula is C12H15NO2S. The van der Waals surface area contributed by atoms with E-state index in [0.717, 1.165) is 17.7 Å². The summed E-state index contributed by atoms with van der Waals surface area (Å²) in [6.45, 7) is 2.78. The first-order valence-corrected chi connectivity index (χ1v) is 6.08. The van der Waals surface area contributed by atoms with Crippen LogP contribution in [0.2, 0.25) is 0 Å². The van der Waals surface area contributed by atoms with Crippen molar-refractivity contribution in [1.82, 2.24) is 4.57 Å². The van der Waals surface area contributed by atoms with Gasteiger partial charge < -0.3 is 4.42 Å². The summed E-state index contributed by atoms with van der Waals surface area (Å²) in [4.78, 5) is 11.7. The van der Waals surface area contributed by atoms with Gasteiger partial charge in [-0.05, 0) is 23.8 Å². The predicted octanol–water partition coefficient (Wildman–Crippen LogP) is 2.55. The number of hydrogen-bond donors (Lipinski definition) is 1. The maximum absolute atomic E-state index is 11.7. The van der Waals surface area contributed by atoms with E-state index in [1.165, 1.54) is 0 Å². The quantitative estimate of drug-likeness (QED) is 0.829. The summed E-state index contributed by atoms with van der Waals surface area (Å²) in [5.41, 5.74) is 1.52. The van der Waals surface area contributed by atoms with Gasteiger partial charge in [-0.25, -0.2) is 4.79 Å². The van der Waals surface area contributed by atoms with Crippen LogP contribution < -0.4 is 5.76 Å². The van der Waals surface area contributed by atoms with E-state index in [2.05, 4.69) is 19.6 Å². The summed E-state index contributed by atoms with van der Waals surface area (Å²) in [6.07, 6.45) is 1.01. The Morgan fingerprint density at radius 2 is 2.19 bits per heavy atom. The number of thiol groups is 1. The van der Waals surface area contributed by atoms with Crippen molar-refractivity contribution in [2.75, 3.05) is 5.75 Å². The second-order valence-corrected chi connectivity index (χ2v) is 4.27. The van der Waals surface area contributed by atoms with E-state index in [9.17, 15) is 4.79 Å². The minimum Gasteiger partial charge on any atom is -0.408 e. The average Bonchev–Trinajstić information content (AvgIpc) is 2.62. The van der Waals surface area contributed by atoms with Crippen molar-refractivity contribution in [1.29, 1.82) is 0 Å². The second-order valence-electron chi connectivity index (χ2n) is 3.90. The molecule has 1 unspecified atom stereocenters. The summed E-state index contributed by atoms with van der Waals surface area (Å²) in [5, 5.41) is 0. The molecule has 0 radical (unpaired) electrons. The zero-order valence-corrected chi connectivity index (χ0v) is 10.1. The highest BCUT2D eigenvalue weighted by Gasteiger charge is 2.12. The number of nitrogens with zero attached hydrogens (tertiary/aromatic N) is 1. The third kappa shape index (κ3) is 2.02. The van der Waals surface area contributed by atoms with Gasteiger partial charge in [-0.2, -0.15) is 12.6 Å². The number of benzene rings is 1. The zero-order valence-electron chi connectivity index (χ0n) is 9.22. The molecule has 1 aromatic heterocycles. The van der Waals surface area contributed by atoms with E-state index in [-0.39, 0.29) is 5.76 Å². The van der Waals surface area contributed by atoms with Gasteiger partial charge in [0.25, 0.3) is 0 Å². The Labute approximate surface area is 99.5 Å². The lowest BCUT2D eigenvalue weighted by Gasteiger charge is -2.11. The summed E-state index contributed by atoms with van der Waals surface area (Å²) in [5.74, 6) is 0.908. The molecule has 4 heteroatoms. The molecule has 86 valence electrons. The summed E-state index contributed by atoms with van der Waals surface area (Å²) >= 11 is 4.29. The first-order chi connectivity index (χ1) is 7.76. The summed E-state index contributed by atoms with van der Waals surface area (Å²) < 4.78 is 6.87. The van der Waals surface area contributed by atoms with Gasteiger partial charge >= 0.3 is 5.76 Å². The van der Waals surface area contributed by atoms with Gasteiger partial charge in [0.15, 0.2) is 5.58 Å².